The van der Waals surface area contributed by atoms with Gasteiger partial charge >= 0.3 is 0 Å². The van der Waals surface area contributed by atoms with Crippen LogP contribution in [0.1, 0.15) is 30.3 Å². The Hall–Kier alpha value is -1.33. The van der Waals surface area contributed by atoms with E-state index in [-0.39, 0.29) is 23.0 Å². The van der Waals surface area contributed by atoms with Crippen molar-refractivity contribution >= 4 is 23.3 Å². The predicted molar refractivity (Wildman–Crippen MR) is 69.6 cm³/mol. The van der Waals surface area contributed by atoms with Gasteiger partial charge in [0.2, 0.25) is 0 Å². The van der Waals surface area contributed by atoms with E-state index in [1.54, 1.807) is 12.1 Å². The van der Waals surface area contributed by atoms with Crippen LogP contribution in [0.2, 0.25) is 5.02 Å². The summed E-state index contributed by atoms with van der Waals surface area (Å²) in [5.41, 5.74) is 5.34. The van der Waals surface area contributed by atoms with Crippen molar-refractivity contribution in [3.05, 3.63) is 22.8 Å². The normalized spacial score (nSPS) is 23.7. The molecule has 0 radical (unpaired) electrons. The number of pyridine rings is 1. The molecule has 1 unspecified atom stereocenters. The molecule has 0 spiro atoms. The second kappa shape index (κ2) is 5.12. The summed E-state index contributed by atoms with van der Waals surface area (Å²) in [4.78, 5) is 16.1. The number of nitrogen functional groups attached to an aromatic ring is 1. The number of nitrogens with one attached hydrogen (secondary N) is 1. The Morgan fingerprint density at radius 1 is 1.61 bits per heavy atom. The smallest absolute Gasteiger partial charge is 0.272 e. The topological polar surface area (TPSA) is 77.2 Å². The highest BCUT2D eigenvalue weighted by molar-refractivity contribution is 6.33. The number of hydrogen-bond acceptors (Lipinski definition) is 4. The molecule has 1 fully saturated rings. The fourth-order valence-corrected chi connectivity index (χ4v) is 2.17. The molecule has 0 aromatic carbocycles. The number of anilines is 1. The van der Waals surface area contributed by atoms with Gasteiger partial charge in [0, 0.05) is 6.61 Å². The number of aromatic nitrogens is 1. The van der Waals surface area contributed by atoms with Crippen LogP contribution in [0.5, 0.6) is 0 Å². The largest absolute Gasteiger partial charge is 0.384 e. The minimum Gasteiger partial charge on any atom is -0.384 e. The average molecular weight is 270 g/mol. The average Bonchev–Trinajstić information content (AvgIpc) is 2.32. The van der Waals surface area contributed by atoms with Gasteiger partial charge in [0.25, 0.3) is 5.91 Å². The molecule has 2 rings (SSSR count). The molecular formula is C12H16ClN3O2. The second-order valence-corrected chi connectivity index (χ2v) is 5.14. The van der Waals surface area contributed by atoms with Gasteiger partial charge in [-0.2, -0.15) is 0 Å². The highest BCUT2D eigenvalue weighted by Gasteiger charge is 2.30. The van der Waals surface area contributed by atoms with E-state index >= 15 is 0 Å². The van der Waals surface area contributed by atoms with Gasteiger partial charge in [-0.1, -0.05) is 11.6 Å². The molecule has 1 aliphatic rings. The van der Waals surface area contributed by atoms with Crippen LogP contribution < -0.4 is 11.1 Å². The molecule has 98 valence electrons. The van der Waals surface area contributed by atoms with Crippen LogP contribution in [0.3, 0.4) is 0 Å². The van der Waals surface area contributed by atoms with Gasteiger partial charge in [-0.25, -0.2) is 4.98 Å². The number of hydrogen-bond donors (Lipinski definition) is 2. The first kappa shape index (κ1) is 13.1. The van der Waals surface area contributed by atoms with Crippen LogP contribution in [-0.4, -0.2) is 29.6 Å². The summed E-state index contributed by atoms with van der Waals surface area (Å²) in [7, 11) is 0. The van der Waals surface area contributed by atoms with Crippen LogP contribution in [0.15, 0.2) is 12.1 Å². The summed E-state index contributed by atoms with van der Waals surface area (Å²) in [5.74, 6) is -0.0464. The number of ether oxygens (including phenoxy) is 1. The van der Waals surface area contributed by atoms with Crippen molar-refractivity contribution in [1.29, 1.82) is 0 Å². The van der Waals surface area contributed by atoms with Crippen LogP contribution in [0.4, 0.5) is 5.82 Å². The lowest BCUT2D eigenvalue weighted by Crippen LogP contribution is -2.51. The Bertz CT molecular complexity index is 459. The van der Waals surface area contributed by atoms with Gasteiger partial charge in [0.1, 0.15) is 11.5 Å². The molecule has 0 saturated carbocycles. The first-order valence-electron chi connectivity index (χ1n) is 5.82. The molecule has 5 nitrogen and oxygen atoms in total. The zero-order valence-corrected chi connectivity index (χ0v) is 11.0. The number of rotatable bonds is 2. The Balaban J connectivity index is 2.14. The lowest BCUT2D eigenvalue weighted by Gasteiger charge is -2.34. The lowest BCUT2D eigenvalue weighted by molar-refractivity contribution is 0.0271. The van der Waals surface area contributed by atoms with Crippen molar-refractivity contribution in [2.24, 2.45) is 0 Å². The minimum atomic E-state index is -0.370. The Kier molecular flexibility index (Phi) is 3.73. The molecule has 1 atom stereocenters. The summed E-state index contributed by atoms with van der Waals surface area (Å²) in [6.45, 7) is 3.19. The van der Waals surface area contributed by atoms with E-state index in [0.717, 1.165) is 19.4 Å². The van der Waals surface area contributed by atoms with Gasteiger partial charge in [0.15, 0.2) is 0 Å². The van der Waals surface area contributed by atoms with Crippen LogP contribution >= 0.6 is 11.6 Å². The second-order valence-electron chi connectivity index (χ2n) is 4.74. The predicted octanol–water partition coefficient (Wildman–Crippen LogP) is 1.62. The van der Waals surface area contributed by atoms with Crippen LogP contribution in [0, 0.1) is 0 Å². The van der Waals surface area contributed by atoms with Crippen LogP contribution in [0.25, 0.3) is 0 Å². The molecule has 0 bridgehead atoms. The van der Waals surface area contributed by atoms with Gasteiger partial charge in [-0.05, 0) is 31.9 Å². The van der Waals surface area contributed by atoms with E-state index in [1.165, 1.54) is 0 Å². The van der Waals surface area contributed by atoms with Crippen molar-refractivity contribution in [2.75, 3.05) is 18.9 Å². The standard InChI is InChI=1S/C12H16ClN3O2/c1-12(5-2-6-18-7-12)16-11(17)10-8(13)3-4-9(14)15-10/h3-4H,2,5-7H2,1H3,(H2,14,15)(H,16,17). The maximum absolute atomic E-state index is 12.1. The summed E-state index contributed by atoms with van der Waals surface area (Å²) in [6, 6.07) is 3.13. The highest BCUT2D eigenvalue weighted by Crippen LogP contribution is 2.21. The zero-order valence-electron chi connectivity index (χ0n) is 10.2. The lowest BCUT2D eigenvalue weighted by atomic mass is 9.95. The Morgan fingerprint density at radius 3 is 3.06 bits per heavy atom. The molecular weight excluding hydrogens is 254 g/mol. The Morgan fingerprint density at radius 2 is 2.39 bits per heavy atom. The number of carbonyl (C=O) groups excluding carboxylic acids is 1. The third-order valence-corrected chi connectivity index (χ3v) is 3.24. The van der Waals surface area contributed by atoms with E-state index in [4.69, 9.17) is 22.1 Å². The summed E-state index contributed by atoms with van der Waals surface area (Å²) < 4.78 is 5.38. The molecule has 3 N–H and O–H groups in total. The molecule has 1 saturated heterocycles. The summed E-state index contributed by atoms with van der Waals surface area (Å²) >= 11 is 5.94. The maximum atomic E-state index is 12.1. The van der Waals surface area contributed by atoms with Gasteiger partial charge in [-0.3, -0.25) is 4.79 Å². The molecule has 18 heavy (non-hydrogen) atoms. The quantitative estimate of drug-likeness (QED) is 0.855. The van der Waals surface area contributed by atoms with Crippen molar-refractivity contribution in [1.82, 2.24) is 10.3 Å². The summed E-state index contributed by atoms with van der Waals surface area (Å²) in [6.07, 6.45) is 1.80. The SMILES string of the molecule is CC1(NC(=O)c2nc(N)ccc2Cl)CCCOC1. The van der Waals surface area contributed by atoms with Crippen molar-refractivity contribution in [3.63, 3.8) is 0 Å². The van der Waals surface area contributed by atoms with Gasteiger partial charge < -0.3 is 15.8 Å². The fraction of sp³-hybridized carbons (Fsp3) is 0.500. The molecule has 1 aromatic heterocycles. The molecule has 2 heterocycles. The van der Waals surface area contributed by atoms with Crippen molar-refractivity contribution < 1.29 is 9.53 Å². The van der Waals surface area contributed by atoms with E-state index in [0.29, 0.717) is 11.6 Å². The van der Waals surface area contributed by atoms with E-state index in [2.05, 4.69) is 10.3 Å². The molecule has 1 amide bonds. The third-order valence-electron chi connectivity index (χ3n) is 2.94. The third kappa shape index (κ3) is 2.91. The molecule has 1 aromatic rings. The number of nitrogens with two attached hydrogens (primary N) is 1. The first-order valence-corrected chi connectivity index (χ1v) is 6.20. The van der Waals surface area contributed by atoms with Gasteiger partial charge in [-0.15, -0.1) is 0 Å². The monoisotopic (exact) mass is 269 g/mol. The molecule has 0 aliphatic carbocycles. The van der Waals surface area contributed by atoms with Crippen LogP contribution in [-0.2, 0) is 4.74 Å². The minimum absolute atomic E-state index is 0.156. The molecule has 6 heteroatoms. The fourth-order valence-electron chi connectivity index (χ4n) is 1.98. The number of carbonyl (C=O) groups is 1. The van der Waals surface area contributed by atoms with Crippen molar-refractivity contribution in [3.8, 4) is 0 Å². The Labute approximate surface area is 111 Å². The molecule has 1 aliphatic heterocycles. The maximum Gasteiger partial charge on any atom is 0.272 e. The highest BCUT2D eigenvalue weighted by atomic mass is 35.5. The van der Waals surface area contributed by atoms with E-state index < -0.39 is 0 Å². The van der Waals surface area contributed by atoms with Gasteiger partial charge in [0.05, 0.1) is 17.2 Å². The van der Waals surface area contributed by atoms with Crippen molar-refractivity contribution in [2.45, 2.75) is 25.3 Å². The van der Waals surface area contributed by atoms with E-state index in [9.17, 15) is 4.79 Å². The van der Waals surface area contributed by atoms with E-state index in [1.807, 2.05) is 6.92 Å². The number of nitrogens with zero attached hydrogens (tertiary/aromatic N) is 1. The first-order chi connectivity index (χ1) is 8.50. The summed E-state index contributed by atoms with van der Waals surface area (Å²) in [5, 5.41) is 3.21. The zero-order chi connectivity index (χ0) is 13.2. The number of halogens is 1. The number of amides is 1.